The first-order valence-corrected chi connectivity index (χ1v) is 8.65. The Morgan fingerprint density at radius 1 is 1.04 bits per heavy atom. The van der Waals surface area contributed by atoms with E-state index in [0.717, 1.165) is 5.56 Å². The van der Waals surface area contributed by atoms with Crippen molar-refractivity contribution < 1.29 is 4.79 Å². The van der Waals surface area contributed by atoms with Crippen LogP contribution in [0.1, 0.15) is 10.4 Å². The van der Waals surface area contributed by atoms with Crippen molar-refractivity contribution in [3.8, 4) is 11.3 Å². The maximum absolute atomic E-state index is 12.2. The lowest BCUT2D eigenvalue weighted by Crippen LogP contribution is -2.30. The van der Waals surface area contributed by atoms with Gasteiger partial charge in [-0.05, 0) is 18.2 Å². The average molecular weight is 388 g/mol. The normalized spacial score (nSPS) is 10.5. The minimum atomic E-state index is -0.287. The quantitative estimate of drug-likeness (QED) is 0.726. The van der Waals surface area contributed by atoms with Gasteiger partial charge in [0.2, 0.25) is 0 Å². The largest absolute Gasteiger partial charge is 0.350 e. The van der Waals surface area contributed by atoms with Crippen LogP contribution >= 0.6 is 23.2 Å². The zero-order chi connectivity index (χ0) is 18.5. The highest BCUT2D eigenvalue weighted by atomic mass is 35.5. The number of halogens is 2. The van der Waals surface area contributed by atoms with Crippen molar-refractivity contribution in [2.24, 2.45) is 0 Å². The number of hydrogen-bond donors (Lipinski definition) is 1. The predicted molar refractivity (Wildman–Crippen MR) is 103 cm³/mol. The summed E-state index contributed by atoms with van der Waals surface area (Å²) in [7, 11) is 0. The van der Waals surface area contributed by atoms with Gasteiger partial charge < -0.3 is 5.32 Å². The van der Waals surface area contributed by atoms with Gasteiger partial charge in [-0.15, -0.1) is 0 Å². The van der Waals surface area contributed by atoms with Gasteiger partial charge in [0.05, 0.1) is 22.1 Å². The van der Waals surface area contributed by atoms with Crippen LogP contribution in [0.4, 0.5) is 0 Å². The molecule has 5 nitrogen and oxygen atoms in total. The van der Waals surface area contributed by atoms with Crippen molar-refractivity contribution >= 4 is 29.1 Å². The summed E-state index contributed by atoms with van der Waals surface area (Å²) in [4.78, 5) is 28.6. The molecule has 0 aliphatic heterocycles. The molecule has 0 radical (unpaired) electrons. The molecule has 1 N–H and O–H groups in total. The monoisotopic (exact) mass is 387 g/mol. The van der Waals surface area contributed by atoms with Crippen molar-refractivity contribution in [3.63, 3.8) is 0 Å². The Hall–Kier alpha value is -2.63. The molecule has 26 heavy (non-hydrogen) atoms. The smallest absolute Gasteiger partial charge is 0.253 e. The predicted octanol–water partition coefficient (Wildman–Crippen LogP) is 3.65. The number of rotatable bonds is 5. The van der Waals surface area contributed by atoms with Crippen molar-refractivity contribution in [2.45, 2.75) is 6.54 Å². The Morgan fingerprint density at radius 2 is 1.81 bits per heavy atom. The Balaban J connectivity index is 1.62. The topological polar surface area (TPSA) is 64.0 Å². The Kier molecular flexibility index (Phi) is 5.71. The molecule has 132 valence electrons. The van der Waals surface area contributed by atoms with Crippen LogP contribution in [-0.4, -0.2) is 22.0 Å². The van der Waals surface area contributed by atoms with E-state index >= 15 is 0 Å². The third-order valence-corrected chi connectivity index (χ3v) is 4.51. The summed E-state index contributed by atoms with van der Waals surface area (Å²) < 4.78 is 1.45. The summed E-state index contributed by atoms with van der Waals surface area (Å²) in [6.07, 6.45) is 1.48. The van der Waals surface area contributed by atoms with E-state index in [2.05, 4.69) is 10.3 Å². The number of aromatic nitrogens is 2. The van der Waals surface area contributed by atoms with Crippen LogP contribution in [0.2, 0.25) is 10.0 Å². The summed E-state index contributed by atoms with van der Waals surface area (Å²) in [5, 5.41) is 3.44. The van der Waals surface area contributed by atoms with Crippen LogP contribution in [0, 0.1) is 0 Å². The maximum Gasteiger partial charge on any atom is 0.253 e. The van der Waals surface area contributed by atoms with Crippen LogP contribution in [0.25, 0.3) is 11.3 Å². The van der Waals surface area contributed by atoms with Crippen LogP contribution in [0.5, 0.6) is 0 Å². The van der Waals surface area contributed by atoms with Gasteiger partial charge in [-0.3, -0.25) is 14.2 Å². The summed E-state index contributed by atoms with van der Waals surface area (Å²) in [6.45, 7) is 0.597. The van der Waals surface area contributed by atoms with Gasteiger partial charge >= 0.3 is 0 Å². The van der Waals surface area contributed by atoms with Crippen molar-refractivity contribution in [3.05, 3.63) is 86.9 Å². The zero-order valence-corrected chi connectivity index (χ0v) is 15.2. The van der Waals surface area contributed by atoms with E-state index in [0.29, 0.717) is 27.8 Å². The lowest BCUT2D eigenvalue weighted by molar-refractivity contribution is 0.0952. The molecule has 7 heteroatoms. The number of nitrogens with one attached hydrogen (secondary N) is 1. The fraction of sp³-hybridized carbons (Fsp3) is 0.105. The second kappa shape index (κ2) is 8.17. The third kappa shape index (κ3) is 4.31. The first kappa shape index (κ1) is 18.2. The van der Waals surface area contributed by atoms with E-state index in [1.807, 2.05) is 30.3 Å². The lowest BCUT2D eigenvalue weighted by Gasteiger charge is -2.09. The number of benzene rings is 2. The maximum atomic E-state index is 12.2. The fourth-order valence-electron chi connectivity index (χ4n) is 2.39. The van der Waals surface area contributed by atoms with E-state index < -0.39 is 0 Å². The summed E-state index contributed by atoms with van der Waals surface area (Å²) >= 11 is 11.7. The SMILES string of the molecule is O=C(NCCn1cnc(-c2ccccc2)cc1=O)c1ccc(Cl)c(Cl)c1. The second-order valence-electron chi connectivity index (χ2n) is 5.56. The van der Waals surface area contributed by atoms with Crippen molar-refractivity contribution in [1.29, 1.82) is 0 Å². The summed E-state index contributed by atoms with van der Waals surface area (Å²) in [5.74, 6) is -0.287. The molecule has 0 aliphatic carbocycles. The van der Waals surface area contributed by atoms with E-state index in [1.54, 1.807) is 12.1 Å². The molecule has 0 atom stereocenters. The van der Waals surface area contributed by atoms with Gasteiger partial charge in [0.25, 0.3) is 11.5 Å². The van der Waals surface area contributed by atoms with Gasteiger partial charge in [0, 0.05) is 30.3 Å². The van der Waals surface area contributed by atoms with E-state index in [-0.39, 0.29) is 18.0 Å². The molecule has 0 aliphatic rings. The van der Waals surface area contributed by atoms with Gasteiger partial charge in [-0.25, -0.2) is 4.98 Å². The summed E-state index contributed by atoms with van der Waals surface area (Å²) in [5.41, 5.74) is 1.73. The van der Waals surface area contributed by atoms with Gasteiger partial charge in [-0.1, -0.05) is 53.5 Å². The third-order valence-electron chi connectivity index (χ3n) is 3.77. The molecule has 1 aromatic heterocycles. The van der Waals surface area contributed by atoms with E-state index in [1.165, 1.54) is 23.0 Å². The molecule has 2 aromatic carbocycles. The first-order chi connectivity index (χ1) is 12.5. The molecule has 1 amide bonds. The molecule has 1 heterocycles. The molecule has 3 rings (SSSR count). The first-order valence-electron chi connectivity index (χ1n) is 7.90. The number of hydrogen-bond acceptors (Lipinski definition) is 3. The van der Waals surface area contributed by atoms with E-state index in [4.69, 9.17) is 23.2 Å². The number of nitrogens with zero attached hydrogens (tertiary/aromatic N) is 2. The molecule has 0 bridgehead atoms. The highest BCUT2D eigenvalue weighted by Gasteiger charge is 2.08. The summed E-state index contributed by atoms with van der Waals surface area (Å²) in [6, 6.07) is 15.6. The average Bonchev–Trinajstić information content (AvgIpc) is 2.66. The molecular formula is C19H15Cl2N3O2. The molecule has 0 saturated heterocycles. The number of carbonyl (C=O) groups excluding carboxylic acids is 1. The van der Waals surface area contributed by atoms with Crippen molar-refractivity contribution in [1.82, 2.24) is 14.9 Å². The highest BCUT2D eigenvalue weighted by Crippen LogP contribution is 2.22. The van der Waals surface area contributed by atoms with Crippen LogP contribution in [0.15, 0.2) is 65.7 Å². The standard InChI is InChI=1S/C19H15Cl2N3O2/c20-15-7-6-14(10-16(15)21)19(26)22-8-9-24-12-23-17(11-18(24)25)13-4-2-1-3-5-13/h1-7,10-12H,8-9H2,(H,22,26). The Morgan fingerprint density at radius 3 is 2.50 bits per heavy atom. The van der Waals surface area contributed by atoms with Crippen LogP contribution in [0.3, 0.4) is 0 Å². The fourth-order valence-corrected chi connectivity index (χ4v) is 2.69. The highest BCUT2D eigenvalue weighted by molar-refractivity contribution is 6.42. The van der Waals surface area contributed by atoms with Crippen LogP contribution in [-0.2, 0) is 6.54 Å². The van der Waals surface area contributed by atoms with Gasteiger partial charge in [0.15, 0.2) is 0 Å². The van der Waals surface area contributed by atoms with Gasteiger partial charge in [0.1, 0.15) is 0 Å². The minimum Gasteiger partial charge on any atom is -0.350 e. The molecule has 0 saturated carbocycles. The molecule has 0 unspecified atom stereocenters. The molecule has 0 fully saturated rings. The minimum absolute atomic E-state index is 0.178. The number of amides is 1. The Bertz CT molecular complexity index is 988. The molecule has 0 spiro atoms. The molecular weight excluding hydrogens is 373 g/mol. The molecule has 3 aromatic rings. The number of carbonyl (C=O) groups is 1. The van der Waals surface area contributed by atoms with Crippen molar-refractivity contribution in [2.75, 3.05) is 6.54 Å². The van der Waals surface area contributed by atoms with Gasteiger partial charge in [-0.2, -0.15) is 0 Å². The van der Waals surface area contributed by atoms with E-state index in [9.17, 15) is 9.59 Å². The zero-order valence-electron chi connectivity index (χ0n) is 13.7. The lowest BCUT2D eigenvalue weighted by atomic mass is 10.1. The Labute approximate surface area is 160 Å². The van der Waals surface area contributed by atoms with Crippen LogP contribution < -0.4 is 10.9 Å². The second-order valence-corrected chi connectivity index (χ2v) is 6.37.